The van der Waals surface area contributed by atoms with Gasteiger partial charge in [0.1, 0.15) is 11.5 Å². The largest absolute Gasteiger partial charge is 0.508 e. The molecule has 118 valence electrons. The van der Waals surface area contributed by atoms with E-state index >= 15 is 0 Å². The summed E-state index contributed by atoms with van der Waals surface area (Å²) in [6, 6.07) is 12.7. The molecule has 0 fully saturated rings. The highest BCUT2D eigenvalue weighted by Crippen LogP contribution is 2.16. The number of para-hydroxylation sites is 1. The molecule has 0 aliphatic carbocycles. The topological polar surface area (TPSA) is 114 Å². The third-order valence-corrected chi connectivity index (χ3v) is 2.81. The van der Waals surface area contributed by atoms with Crippen molar-refractivity contribution in [3.05, 3.63) is 59.7 Å². The predicted octanol–water partition coefficient (Wildman–Crippen LogP) is 1.02. The lowest BCUT2D eigenvalue weighted by molar-refractivity contribution is -0.123. The third kappa shape index (κ3) is 4.85. The molecule has 0 aliphatic heterocycles. The normalized spacial score (nSPS) is 10.4. The van der Waals surface area contributed by atoms with Crippen LogP contribution in [0.4, 0.5) is 0 Å². The zero-order chi connectivity index (χ0) is 16.7. The fraction of sp³-hybridized carbons (Fsp3) is 0.0625. The van der Waals surface area contributed by atoms with E-state index in [0.717, 1.165) is 0 Å². The maximum Gasteiger partial charge on any atom is 0.277 e. The average Bonchev–Trinajstić information content (AvgIpc) is 2.55. The quantitative estimate of drug-likeness (QED) is 0.545. The van der Waals surface area contributed by atoms with E-state index in [9.17, 15) is 9.59 Å². The van der Waals surface area contributed by atoms with Crippen molar-refractivity contribution in [1.82, 2.24) is 5.43 Å². The van der Waals surface area contributed by atoms with E-state index in [2.05, 4.69) is 10.5 Å². The summed E-state index contributed by atoms with van der Waals surface area (Å²) >= 11 is 0. The number of nitrogens with two attached hydrogens (primary N) is 1. The number of nitrogens with one attached hydrogen (secondary N) is 1. The first-order valence-corrected chi connectivity index (χ1v) is 6.69. The third-order valence-electron chi connectivity index (χ3n) is 2.81. The number of amides is 2. The second kappa shape index (κ2) is 7.60. The highest BCUT2D eigenvalue weighted by molar-refractivity contribution is 5.95. The summed E-state index contributed by atoms with van der Waals surface area (Å²) in [6.07, 6.45) is 1.43. The summed E-state index contributed by atoms with van der Waals surface area (Å²) in [7, 11) is 0. The Labute approximate surface area is 132 Å². The molecule has 0 spiro atoms. The van der Waals surface area contributed by atoms with Crippen LogP contribution in [-0.4, -0.2) is 29.7 Å². The monoisotopic (exact) mass is 313 g/mol. The maximum absolute atomic E-state index is 11.6. The van der Waals surface area contributed by atoms with Crippen molar-refractivity contribution >= 4 is 18.0 Å². The first kappa shape index (κ1) is 16.0. The Balaban J connectivity index is 1.86. The minimum atomic E-state index is -0.633. The highest BCUT2D eigenvalue weighted by atomic mass is 16.5. The molecule has 0 radical (unpaired) electrons. The smallest absolute Gasteiger partial charge is 0.277 e. The molecule has 0 saturated heterocycles. The molecule has 2 aromatic carbocycles. The van der Waals surface area contributed by atoms with E-state index in [1.54, 1.807) is 30.3 Å². The van der Waals surface area contributed by atoms with Gasteiger partial charge in [-0.1, -0.05) is 12.1 Å². The number of carbonyl (C=O) groups is 2. The number of nitrogens with zero attached hydrogens (tertiary/aromatic N) is 1. The molecule has 23 heavy (non-hydrogen) atoms. The molecule has 0 aliphatic rings. The lowest BCUT2D eigenvalue weighted by atomic mass is 10.2. The van der Waals surface area contributed by atoms with Crippen LogP contribution in [0.25, 0.3) is 0 Å². The predicted molar refractivity (Wildman–Crippen MR) is 84.3 cm³/mol. The number of hydrogen-bond acceptors (Lipinski definition) is 5. The minimum absolute atomic E-state index is 0.146. The van der Waals surface area contributed by atoms with Gasteiger partial charge in [-0.15, -0.1) is 0 Å². The average molecular weight is 313 g/mol. The van der Waals surface area contributed by atoms with E-state index in [1.165, 1.54) is 24.4 Å². The van der Waals surface area contributed by atoms with Crippen molar-refractivity contribution < 1.29 is 19.4 Å². The van der Waals surface area contributed by atoms with E-state index in [0.29, 0.717) is 5.56 Å². The number of benzene rings is 2. The number of phenols is 1. The van der Waals surface area contributed by atoms with Crippen LogP contribution >= 0.6 is 0 Å². The molecule has 4 N–H and O–H groups in total. The van der Waals surface area contributed by atoms with Gasteiger partial charge in [0, 0.05) is 0 Å². The van der Waals surface area contributed by atoms with Crippen LogP contribution in [0, 0.1) is 0 Å². The molecule has 0 bridgehead atoms. The van der Waals surface area contributed by atoms with Gasteiger partial charge < -0.3 is 15.6 Å². The first-order valence-electron chi connectivity index (χ1n) is 6.69. The van der Waals surface area contributed by atoms with Crippen molar-refractivity contribution in [3.63, 3.8) is 0 Å². The van der Waals surface area contributed by atoms with E-state index < -0.39 is 11.8 Å². The molecule has 0 aromatic heterocycles. The fourth-order valence-electron chi connectivity index (χ4n) is 1.71. The SMILES string of the molecule is NC(=O)c1ccccc1OCC(=O)N/N=C\c1ccc(O)cc1. The van der Waals surface area contributed by atoms with Crippen LogP contribution in [-0.2, 0) is 4.79 Å². The van der Waals surface area contributed by atoms with Gasteiger partial charge >= 0.3 is 0 Å². The zero-order valence-corrected chi connectivity index (χ0v) is 12.1. The second-order valence-corrected chi connectivity index (χ2v) is 4.53. The van der Waals surface area contributed by atoms with Gasteiger partial charge in [-0.3, -0.25) is 9.59 Å². The Morgan fingerprint density at radius 2 is 1.87 bits per heavy atom. The van der Waals surface area contributed by atoms with Gasteiger partial charge in [0.25, 0.3) is 11.8 Å². The van der Waals surface area contributed by atoms with Gasteiger partial charge in [0.05, 0.1) is 11.8 Å². The van der Waals surface area contributed by atoms with E-state index in [-0.39, 0.29) is 23.7 Å². The molecule has 2 aromatic rings. The highest BCUT2D eigenvalue weighted by Gasteiger charge is 2.09. The summed E-state index contributed by atoms with van der Waals surface area (Å²) < 4.78 is 5.26. The van der Waals surface area contributed by atoms with Crippen LogP contribution in [0.5, 0.6) is 11.5 Å². The lowest BCUT2D eigenvalue weighted by Crippen LogP contribution is -2.25. The second-order valence-electron chi connectivity index (χ2n) is 4.53. The Kier molecular flexibility index (Phi) is 5.30. The van der Waals surface area contributed by atoms with Crippen molar-refractivity contribution in [2.24, 2.45) is 10.8 Å². The van der Waals surface area contributed by atoms with Crippen molar-refractivity contribution in [1.29, 1.82) is 0 Å². The molecule has 0 heterocycles. The van der Waals surface area contributed by atoms with Gasteiger partial charge in [0.2, 0.25) is 0 Å². The molecule has 2 amide bonds. The number of hydrazone groups is 1. The van der Waals surface area contributed by atoms with Gasteiger partial charge in [-0.05, 0) is 42.0 Å². The molecule has 0 atom stereocenters. The number of primary amides is 1. The van der Waals surface area contributed by atoms with E-state index in [4.69, 9.17) is 15.6 Å². The zero-order valence-electron chi connectivity index (χ0n) is 12.1. The molecular weight excluding hydrogens is 298 g/mol. The van der Waals surface area contributed by atoms with Crippen molar-refractivity contribution in [2.75, 3.05) is 6.61 Å². The molecule has 7 nitrogen and oxygen atoms in total. The summed E-state index contributed by atoms with van der Waals surface area (Å²) in [5.74, 6) is -0.740. The number of carbonyl (C=O) groups excluding carboxylic acids is 2. The van der Waals surface area contributed by atoms with Crippen LogP contribution < -0.4 is 15.9 Å². The van der Waals surface area contributed by atoms with Gasteiger partial charge in [0.15, 0.2) is 6.61 Å². The van der Waals surface area contributed by atoms with E-state index in [1.807, 2.05) is 0 Å². The first-order chi connectivity index (χ1) is 11.1. The van der Waals surface area contributed by atoms with Gasteiger partial charge in [-0.25, -0.2) is 5.43 Å². The molecule has 0 saturated carbocycles. The number of ether oxygens (including phenoxy) is 1. The molecule has 7 heteroatoms. The van der Waals surface area contributed by atoms with Crippen LogP contribution in [0.2, 0.25) is 0 Å². The Morgan fingerprint density at radius 3 is 2.57 bits per heavy atom. The number of hydrogen-bond donors (Lipinski definition) is 3. The van der Waals surface area contributed by atoms with Crippen LogP contribution in [0.3, 0.4) is 0 Å². The fourth-order valence-corrected chi connectivity index (χ4v) is 1.71. The number of phenolic OH excluding ortho intramolecular Hbond substituents is 1. The van der Waals surface area contributed by atoms with Crippen LogP contribution in [0.1, 0.15) is 15.9 Å². The molecule has 2 rings (SSSR count). The Bertz CT molecular complexity index is 726. The summed E-state index contributed by atoms with van der Waals surface area (Å²) in [4.78, 5) is 22.9. The summed E-state index contributed by atoms with van der Waals surface area (Å²) in [6.45, 7) is -0.308. The maximum atomic E-state index is 11.6. The molecule has 0 unspecified atom stereocenters. The standard InChI is InChI=1S/C16H15N3O4/c17-16(22)13-3-1-2-4-14(13)23-10-15(21)19-18-9-11-5-7-12(20)8-6-11/h1-9,20H,10H2,(H2,17,22)(H,19,21)/b18-9-. The van der Waals surface area contributed by atoms with Gasteiger partial charge in [-0.2, -0.15) is 5.10 Å². The number of aromatic hydroxyl groups is 1. The summed E-state index contributed by atoms with van der Waals surface area (Å²) in [5, 5.41) is 12.9. The van der Waals surface area contributed by atoms with Crippen molar-refractivity contribution in [2.45, 2.75) is 0 Å². The van der Waals surface area contributed by atoms with Crippen molar-refractivity contribution in [3.8, 4) is 11.5 Å². The summed E-state index contributed by atoms with van der Waals surface area (Å²) in [5.41, 5.74) is 8.42. The Morgan fingerprint density at radius 1 is 1.17 bits per heavy atom. The minimum Gasteiger partial charge on any atom is -0.508 e. The number of rotatable bonds is 6. The molecular formula is C16H15N3O4. The lowest BCUT2D eigenvalue weighted by Gasteiger charge is -2.08. The Hall–Kier alpha value is -3.35. The van der Waals surface area contributed by atoms with Crippen LogP contribution in [0.15, 0.2) is 53.6 Å².